The number of likely N-dealkylation sites (N-methyl/N-ethyl adjacent to an activating group) is 1. The van der Waals surface area contributed by atoms with Gasteiger partial charge in [0.2, 0.25) is 0 Å². The molecule has 1 heterocycles. The molecule has 1 unspecified atom stereocenters. The number of nitrogens with one attached hydrogen (secondary N) is 2. The Balaban J connectivity index is 2.84. The van der Waals surface area contributed by atoms with Crippen molar-refractivity contribution in [1.82, 2.24) is 15.6 Å². The van der Waals surface area contributed by atoms with Gasteiger partial charge in [0.15, 0.2) is 0 Å². The van der Waals surface area contributed by atoms with Gasteiger partial charge in [-0.3, -0.25) is 19.9 Å². The van der Waals surface area contributed by atoms with Gasteiger partial charge in [-0.1, -0.05) is 0 Å². The van der Waals surface area contributed by atoms with Gasteiger partial charge in [0.05, 0.1) is 16.2 Å². The van der Waals surface area contributed by atoms with E-state index in [9.17, 15) is 14.9 Å². The number of nitrogens with zero attached hydrogens (tertiary/aromatic N) is 2. The largest absolute Gasteiger partial charge is 0.350 e. The SMILES string of the molecule is CNC(C)CNC(=O)c1cc([N+](=O)[O-])cnc1C. The minimum absolute atomic E-state index is 0.126. The molecule has 1 aromatic rings. The fourth-order valence-corrected chi connectivity index (χ4v) is 1.29. The third-order valence-corrected chi connectivity index (χ3v) is 2.59. The summed E-state index contributed by atoms with van der Waals surface area (Å²) in [6.07, 6.45) is 1.14. The Morgan fingerprint density at radius 3 is 2.83 bits per heavy atom. The number of carbonyl (C=O) groups is 1. The van der Waals surface area contributed by atoms with Crippen LogP contribution in [0.3, 0.4) is 0 Å². The number of aromatic nitrogens is 1. The molecule has 0 aliphatic rings. The van der Waals surface area contributed by atoms with Gasteiger partial charge < -0.3 is 10.6 Å². The summed E-state index contributed by atoms with van der Waals surface area (Å²) in [6, 6.07) is 1.36. The quantitative estimate of drug-likeness (QED) is 0.592. The van der Waals surface area contributed by atoms with E-state index in [-0.39, 0.29) is 23.2 Å². The molecule has 1 atom stereocenters. The molecule has 0 aromatic carbocycles. The van der Waals surface area contributed by atoms with Crippen molar-refractivity contribution in [3.63, 3.8) is 0 Å². The normalized spacial score (nSPS) is 11.9. The lowest BCUT2D eigenvalue weighted by molar-refractivity contribution is -0.385. The number of carbonyl (C=O) groups excluding carboxylic acids is 1. The molecule has 1 aromatic heterocycles. The minimum Gasteiger partial charge on any atom is -0.350 e. The third kappa shape index (κ3) is 3.49. The van der Waals surface area contributed by atoms with Gasteiger partial charge >= 0.3 is 0 Å². The van der Waals surface area contributed by atoms with Crippen LogP contribution in [0.1, 0.15) is 23.0 Å². The molecular weight excluding hydrogens is 236 g/mol. The minimum atomic E-state index is -0.570. The van der Waals surface area contributed by atoms with Crippen molar-refractivity contribution in [2.24, 2.45) is 0 Å². The van der Waals surface area contributed by atoms with Crippen LogP contribution in [0.25, 0.3) is 0 Å². The monoisotopic (exact) mass is 252 g/mol. The van der Waals surface area contributed by atoms with E-state index in [4.69, 9.17) is 0 Å². The fourth-order valence-electron chi connectivity index (χ4n) is 1.29. The van der Waals surface area contributed by atoms with Gasteiger partial charge in [0, 0.05) is 18.7 Å². The first kappa shape index (κ1) is 14.0. The highest BCUT2D eigenvalue weighted by Crippen LogP contribution is 2.14. The Morgan fingerprint density at radius 2 is 2.28 bits per heavy atom. The Morgan fingerprint density at radius 1 is 1.61 bits per heavy atom. The molecule has 98 valence electrons. The average molecular weight is 252 g/mol. The molecule has 7 nitrogen and oxygen atoms in total. The molecular formula is C11H16N4O3. The van der Waals surface area contributed by atoms with Crippen molar-refractivity contribution in [3.8, 4) is 0 Å². The molecule has 0 aliphatic heterocycles. The van der Waals surface area contributed by atoms with E-state index in [1.165, 1.54) is 6.07 Å². The van der Waals surface area contributed by atoms with Crippen LogP contribution in [0.15, 0.2) is 12.3 Å². The lowest BCUT2D eigenvalue weighted by atomic mass is 10.1. The van der Waals surface area contributed by atoms with E-state index >= 15 is 0 Å². The zero-order valence-corrected chi connectivity index (χ0v) is 10.6. The zero-order valence-electron chi connectivity index (χ0n) is 10.6. The number of amides is 1. The second-order valence-corrected chi connectivity index (χ2v) is 3.98. The van der Waals surface area contributed by atoms with Crippen molar-refractivity contribution in [2.75, 3.05) is 13.6 Å². The number of aryl methyl sites for hydroxylation is 1. The summed E-state index contributed by atoms with van der Waals surface area (Å²) in [5, 5.41) is 16.3. The van der Waals surface area contributed by atoms with Crippen LogP contribution in [0.5, 0.6) is 0 Å². The smallest absolute Gasteiger partial charge is 0.288 e. The van der Waals surface area contributed by atoms with E-state index in [1.807, 2.05) is 6.92 Å². The Bertz CT molecular complexity index is 462. The first-order valence-corrected chi connectivity index (χ1v) is 5.52. The molecule has 0 saturated heterocycles. The highest BCUT2D eigenvalue weighted by atomic mass is 16.6. The van der Waals surface area contributed by atoms with Crippen molar-refractivity contribution in [2.45, 2.75) is 19.9 Å². The van der Waals surface area contributed by atoms with Crippen LogP contribution in [-0.2, 0) is 0 Å². The highest BCUT2D eigenvalue weighted by Gasteiger charge is 2.15. The number of rotatable bonds is 5. The van der Waals surface area contributed by atoms with Gasteiger partial charge in [-0.2, -0.15) is 0 Å². The van der Waals surface area contributed by atoms with Crippen LogP contribution < -0.4 is 10.6 Å². The molecule has 18 heavy (non-hydrogen) atoms. The Hall–Kier alpha value is -2.02. The van der Waals surface area contributed by atoms with E-state index in [1.54, 1.807) is 14.0 Å². The maximum Gasteiger partial charge on any atom is 0.288 e. The van der Waals surface area contributed by atoms with E-state index in [2.05, 4.69) is 15.6 Å². The number of pyridine rings is 1. The lowest BCUT2D eigenvalue weighted by Gasteiger charge is -2.12. The molecule has 0 bridgehead atoms. The highest BCUT2D eigenvalue weighted by molar-refractivity contribution is 5.95. The van der Waals surface area contributed by atoms with E-state index in [0.29, 0.717) is 12.2 Å². The first-order valence-electron chi connectivity index (χ1n) is 5.52. The summed E-state index contributed by atoms with van der Waals surface area (Å²) < 4.78 is 0. The van der Waals surface area contributed by atoms with Crippen LogP contribution in [0, 0.1) is 17.0 Å². The van der Waals surface area contributed by atoms with Crippen LogP contribution in [0.4, 0.5) is 5.69 Å². The van der Waals surface area contributed by atoms with Crippen LogP contribution >= 0.6 is 0 Å². The predicted octanol–water partition coefficient (Wildman–Crippen LogP) is 0.636. The van der Waals surface area contributed by atoms with Crippen molar-refractivity contribution in [1.29, 1.82) is 0 Å². The lowest BCUT2D eigenvalue weighted by Crippen LogP contribution is -2.37. The summed E-state index contributed by atoms with van der Waals surface area (Å²) >= 11 is 0. The number of hydrogen-bond acceptors (Lipinski definition) is 5. The second kappa shape index (κ2) is 6.06. The van der Waals surface area contributed by atoms with Crippen molar-refractivity contribution in [3.05, 3.63) is 33.6 Å². The van der Waals surface area contributed by atoms with Gasteiger partial charge in [0.1, 0.15) is 6.20 Å². The third-order valence-electron chi connectivity index (χ3n) is 2.59. The van der Waals surface area contributed by atoms with E-state index < -0.39 is 4.92 Å². The summed E-state index contributed by atoms with van der Waals surface area (Å²) in [4.78, 5) is 25.8. The van der Waals surface area contributed by atoms with Crippen molar-refractivity contribution >= 4 is 11.6 Å². The number of nitro groups is 1. The molecule has 1 amide bonds. The summed E-state index contributed by atoms with van der Waals surface area (Å²) in [6.45, 7) is 4.00. The molecule has 7 heteroatoms. The fraction of sp³-hybridized carbons (Fsp3) is 0.455. The maximum absolute atomic E-state index is 11.9. The molecule has 0 aliphatic carbocycles. The molecule has 1 rings (SSSR count). The predicted molar refractivity (Wildman–Crippen MR) is 66.5 cm³/mol. The standard InChI is InChI=1S/C11H16N4O3/c1-7(12-3)5-14-11(16)10-4-9(15(17)18)6-13-8(10)2/h4,6-7,12H,5H2,1-3H3,(H,14,16). The van der Waals surface area contributed by atoms with Gasteiger partial charge in [0.25, 0.3) is 11.6 Å². The molecule has 2 N–H and O–H groups in total. The van der Waals surface area contributed by atoms with Gasteiger partial charge in [-0.05, 0) is 20.9 Å². The molecule has 0 radical (unpaired) electrons. The average Bonchev–Trinajstić information content (AvgIpc) is 2.35. The number of hydrogen-bond donors (Lipinski definition) is 2. The van der Waals surface area contributed by atoms with Gasteiger partial charge in [-0.25, -0.2) is 0 Å². The summed E-state index contributed by atoms with van der Waals surface area (Å²) in [5.74, 6) is -0.356. The topological polar surface area (TPSA) is 97.2 Å². The maximum atomic E-state index is 11.9. The second-order valence-electron chi connectivity index (χ2n) is 3.98. The van der Waals surface area contributed by atoms with Crippen LogP contribution in [0.2, 0.25) is 0 Å². The summed E-state index contributed by atoms with van der Waals surface area (Å²) in [7, 11) is 1.79. The van der Waals surface area contributed by atoms with Crippen LogP contribution in [-0.4, -0.2) is 35.4 Å². The first-order chi connectivity index (χ1) is 8.45. The molecule has 0 saturated carbocycles. The van der Waals surface area contributed by atoms with E-state index in [0.717, 1.165) is 6.20 Å². The van der Waals surface area contributed by atoms with Crippen molar-refractivity contribution < 1.29 is 9.72 Å². The zero-order chi connectivity index (χ0) is 13.7. The Labute approximate surface area is 105 Å². The Kier molecular flexibility index (Phi) is 4.73. The van der Waals surface area contributed by atoms with Gasteiger partial charge in [-0.15, -0.1) is 0 Å². The molecule has 0 spiro atoms. The summed E-state index contributed by atoms with van der Waals surface area (Å²) in [5.41, 5.74) is 0.509. The molecule has 0 fully saturated rings.